The van der Waals surface area contributed by atoms with Gasteiger partial charge in [0.05, 0.1) is 22.1 Å². The van der Waals surface area contributed by atoms with Gasteiger partial charge in [-0.25, -0.2) is 0 Å². The molecule has 0 radical (unpaired) electrons. The van der Waals surface area contributed by atoms with Crippen molar-refractivity contribution in [1.82, 2.24) is 9.13 Å². The second-order valence-electron chi connectivity index (χ2n) is 11.8. The summed E-state index contributed by atoms with van der Waals surface area (Å²) >= 11 is 1.88. The molecular weight excluding hydrogens is 565 g/mol. The van der Waals surface area contributed by atoms with Crippen LogP contribution in [0.2, 0.25) is 0 Å². The van der Waals surface area contributed by atoms with Gasteiger partial charge in [0, 0.05) is 53.1 Å². The molecule has 0 aliphatic rings. The van der Waals surface area contributed by atoms with Crippen molar-refractivity contribution in [3.63, 3.8) is 0 Å². The normalized spacial score (nSPS) is 12.0. The Bertz CT molecular complexity index is 2740. The molecule has 0 bridgehead atoms. The van der Waals surface area contributed by atoms with E-state index in [0.717, 1.165) is 0 Å². The highest BCUT2D eigenvalue weighted by molar-refractivity contribution is 7.25. The summed E-state index contributed by atoms with van der Waals surface area (Å²) in [6.07, 6.45) is 0. The molecule has 45 heavy (non-hydrogen) atoms. The van der Waals surface area contributed by atoms with Crippen molar-refractivity contribution in [1.29, 1.82) is 0 Å². The lowest BCUT2D eigenvalue weighted by molar-refractivity contribution is 1.15. The van der Waals surface area contributed by atoms with Gasteiger partial charge in [-0.2, -0.15) is 0 Å². The van der Waals surface area contributed by atoms with Crippen LogP contribution in [0.25, 0.3) is 86.3 Å². The summed E-state index contributed by atoms with van der Waals surface area (Å²) in [6.45, 7) is 0. The Morgan fingerprint density at radius 3 is 1.51 bits per heavy atom. The zero-order valence-corrected chi connectivity index (χ0v) is 25.1. The maximum atomic E-state index is 2.49. The zero-order chi connectivity index (χ0) is 29.5. The van der Waals surface area contributed by atoms with Crippen molar-refractivity contribution in [2.24, 2.45) is 0 Å². The van der Waals surface area contributed by atoms with E-state index in [9.17, 15) is 0 Å². The van der Waals surface area contributed by atoms with E-state index in [1.807, 2.05) is 11.3 Å². The molecule has 0 N–H and O–H groups in total. The number of nitrogens with zero attached hydrogens (tertiary/aromatic N) is 2. The van der Waals surface area contributed by atoms with Crippen LogP contribution in [-0.2, 0) is 0 Å². The fourth-order valence-corrected chi connectivity index (χ4v) is 8.51. The first-order chi connectivity index (χ1) is 22.3. The highest BCUT2D eigenvalue weighted by Gasteiger charge is 2.21. The van der Waals surface area contributed by atoms with Crippen LogP contribution in [0.4, 0.5) is 0 Å². The van der Waals surface area contributed by atoms with E-state index in [1.165, 1.54) is 86.3 Å². The number of fused-ring (bicyclic) bond motifs is 10. The zero-order valence-electron chi connectivity index (χ0n) is 24.3. The molecule has 3 heteroatoms. The standard InChI is InChI=1S/C42H26N2S/c1-3-11-27(12-4-1)28-19-21-33-34-22-20-30(26-40(34)45-39(33)25-28)44-38-18-10-8-16-32(38)36-24-23-35-31-15-7-9-17-37(31)43(41(35)42(36)44)29-13-5-2-6-14-29/h1-26H. The third-order valence-electron chi connectivity index (χ3n) is 9.31. The van der Waals surface area contributed by atoms with Crippen LogP contribution in [0.5, 0.6) is 0 Å². The van der Waals surface area contributed by atoms with Crippen LogP contribution >= 0.6 is 11.3 Å². The van der Waals surface area contributed by atoms with Crippen LogP contribution in [0.1, 0.15) is 0 Å². The predicted molar refractivity (Wildman–Crippen MR) is 193 cm³/mol. The van der Waals surface area contributed by atoms with Gasteiger partial charge in [0.25, 0.3) is 0 Å². The minimum atomic E-state index is 1.17. The van der Waals surface area contributed by atoms with Gasteiger partial charge < -0.3 is 9.13 Å². The fraction of sp³-hybridized carbons (Fsp3) is 0. The van der Waals surface area contributed by atoms with Gasteiger partial charge in [0.2, 0.25) is 0 Å². The van der Waals surface area contributed by atoms with Crippen molar-refractivity contribution >= 4 is 75.1 Å². The summed E-state index contributed by atoms with van der Waals surface area (Å²) in [7, 11) is 0. The molecule has 0 amide bonds. The molecule has 0 fully saturated rings. The Morgan fingerprint density at radius 2 is 0.844 bits per heavy atom. The largest absolute Gasteiger partial charge is 0.307 e. The maximum Gasteiger partial charge on any atom is 0.0788 e. The fourth-order valence-electron chi connectivity index (χ4n) is 7.33. The van der Waals surface area contributed by atoms with Crippen molar-refractivity contribution in [2.45, 2.75) is 0 Å². The lowest BCUT2D eigenvalue weighted by atomic mass is 10.0. The van der Waals surface area contributed by atoms with Gasteiger partial charge in [-0.05, 0) is 53.6 Å². The average Bonchev–Trinajstić information content (AvgIpc) is 3.76. The lowest BCUT2D eigenvalue weighted by Gasteiger charge is -2.12. The molecule has 3 aromatic heterocycles. The molecule has 10 aromatic rings. The first-order valence-electron chi connectivity index (χ1n) is 15.4. The minimum Gasteiger partial charge on any atom is -0.307 e. The number of thiophene rings is 1. The van der Waals surface area contributed by atoms with Gasteiger partial charge in [-0.1, -0.05) is 115 Å². The van der Waals surface area contributed by atoms with Crippen molar-refractivity contribution in [3.05, 3.63) is 158 Å². The molecule has 0 spiro atoms. The average molecular weight is 591 g/mol. The van der Waals surface area contributed by atoms with Gasteiger partial charge in [0.1, 0.15) is 0 Å². The third-order valence-corrected chi connectivity index (χ3v) is 10.4. The van der Waals surface area contributed by atoms with Gasteiger partial charge in [0.15, 0.2) is 0 Å². The molecule has 2 nitrogen and oxygen atoms in total. The van der Waals surface area contributed by atoms with Crippen LogP contribution in [-0.4, -0.2) is 9.13 Å². The molecule has 0 unspecified atom stereocenters. The van der Waals surface area contributed by atoms with E-state index in [-0.39, 0.29) is 0 Å². The minimum absolute atomic E-state index is 1.17. The molecule has 7 aromatic carbocycles. The van der Waals surface area contributed by atoms with E-state index in [0.29, 0.717) is 0 Å². The van der Waals surface area contributed by atoms with Crippen LogP contribution < -0.4 is 0 Å². The maximum absolute atomic E-state index is 2.49. The van der Waals surface area contributed by atoms with E-state index < -0.39 is 0 Å². The number of para-hydroxylation sites is 3. The molecule has 0 aliphatic heterocycles. The van der Waals surface area contributed by atoms with Gasteiger partial charge in [-0.3, -0.25) is 0 Å². The summed E-state index contributed by atoms with van der Waals surface area (Å²) < 4.78 is 7.56. The van der Waals surface area contributed by atoms with Gasteiger partial charge in [-0.15, -0.1) is 11.3 Å². The Balaban J connectivity index is 1.30. The monoisotopic (exact) mass is 590 g/mol. The van der Waals surface area contributed by atoms with E-state index >= 15 is 0 Å². The lowest BCUT2D eigenvalue weighted by Crippen LogP contribution is -1.98. The van der Waals surface area contributed by atoms with E-state index in [2.05, 4.69) is 167 Å². The Labute approximate surface area is 263 Å². The van der Waals surface area contributed by atoms with Crippen molar-refractivity contribution in [3.8, 4) is 22.5 Å². The summed E-state index contributed by atoms with van der Waals surface area (Å²) in [6, 6.07) is 57.6. The highest BCUT2D eigenvalue weighted by Crippen LogP contribution is 2.43. The topological polar surface area (TPSA) is 9.86 Å². The highest BCUT2D eigenvalue weighted by atomic mass is 32.1. The van der Waals surface area contributed by atoms with E-state index in [1.54, 1.807) is 0 Å². The third kappa shape index (κ3) is 3.56. The first kappa shape index (κ1) is 24.8. The summed E-state index contributed by atoms with van der Waals surface area (Å²) in [5.41, 5.74) is 9.77. The second kappa shape index (κ2) is 9.43. The van der Waals surface area contributed by atoms with Crippen LogP contribution in [0.3, 0.4) is 0 Å². The smallest absolute Gasteiger partial charge is 0.0788 e. The SMILES string of the molecule is c1ccc(-c2ccc3c(c2)sc2cc(-n4c5ccccc5c5ccc6c7ccccc7n(-c7ccccc7)c6c54)ccc23)cc1. The first-order valence-corrected chi connectivity index (χ1v) is 16.2. The molecule has 10 rings (SSSR count). The number of benzene rings is 7. The molecule has 0 saturated heterocycles. The van der Waals surface area contributed by atoms with Crippen molar-refractivity contribution in [2.75, 3.05) is 0 Å². The Morgan fingerprint density at radius 1 is 0.333 bits per heavy atom. The number of hydrogen-bond donors (Lipinski definition) is 0. The van der Waals surface area contributed by atoms with E-state index in [4.69, 9.17) is 0 Å². The van der Waals surface area contributed by atoms with Gasteiger partial charge >= 0.3 is 0 Å². The van der Waals surface area contributed by atoms with Crippen LogP contribution in [0, 0.1) is 0 Å². The second-order valence-corrected chi connectivity index (χ2v) is 12.8. The number of rotatable bonds is 3. The summed E-state index contributed by atoms with van der Waals surface area (Å²) in [4.78, 5) is 0. The molecule has 0 saturated carbocycles. The number of aromatic nitrogens is 2. The Hall–Kier alpha value is -5.64. The predicted octanol–water partition coefficient (Wildman–Crippen LogP) is 11.9. The Kier molecular flexibility index (Phi) is 5.19. The van der Waals surface area contributed by atoms with Crippen LogP contribution in [0.15, 0.2) is 158 Å². The molecular formula is C42H26N2S. The summed E-state index contributed by atoms with van der Waals surface area (Å²) in [5, 5.41) is 7.69. The number of hydrogen-bond acceptors (Lipinski definition) is 1. The summed E-state index contributed by atoms with van der Waals surface area (Å²) in [5.74, 6) is 0. The molecule has 0 aliphatic carbocycles. The quantitative estimate of drug-likeness (QED) is 0.194. The molecule has 210 valence electrons. The molecule has 3 heterocycles. The van der Waals surface area contributed by atoms with Crippen molar-refractivity contribution < 1.29 is 0 Å². The molecule has 0 atom stereocenters.